The highest BCUT2D eigenvalue weighted by molar-refractivity contribution is 7.54. The predicted molar refractivity (Wildman–Crippen MR) is 72.4 cm³/mol. The Labute approximate surface area is 113 Å². The summed E-state index contributed by atoms with van der Waals surface area (Å²) in [5, 5.41) is 9.83. The summed E-state index contributed by atoms with van der Waals surface area (Å²) < 4.78 is 27.9. The van der Waals surface area contributed by atoms with Crippen molar-refractivity contribution in [1.29, 1.82) is 0 Å². The molecule has 0 aliphatic rings. The quantitative estimate of drug-likeness (QED) is 0.750. The van der Waals surface area contributed by atoms with E-state index in [2.05, 4.69) is 0 Å². The molecule has 0 aliphatic heterocycles. The van der Waals surface area contributed by atoms with Gasteiger partial charge in [0.15, 0.2) is 0 Å². The van der Waals surface area contributed by atoms with Crippen molar-refractivity contribution in [3.63, 3.8) is 0 Å². The Balaban J connectivity index is 3.15. The first-order valence-electron chi connectivity index (χ1n) is 5.99. The molecule has 1 atom stereocenters. The molecule has 0 fully saturated rings. The maximum atomic E-state index is 12.5. The van der Waals surface area contributed by atoms with Gasteiger partial charge in [-0.15, -0.1) is 0 Å². The molecule has 6 nitrogen and oxygen atoms in total. The molecule has 0 aromatic heterocycles. The predicted octanol–water partition coefficient (Wildman–Crippen LogP) is 2.62. The molecular weight excluding hydrogens is 269 g/mol. The van der Waals surface area contributed by atoms with Gasteiger partial charge in [0.2, 0.25) is 0 Å². The van der Waals surface area contributed by atoms with E-state index in [4.69, 9.17) is 19.5 Å². The Morgan fingerprint density at radius 3 is 2.37 bits per heavy atom. The minimum absolute atomic E-state index is 0.0760. The highest BCUT2D eigenvalue weighted by Gasteiger charge is 2.35. The van der Waals surface area contributed by atoms with Crippen LogP contribution in [0.4, 0.5) is 0 Å². The van der Waals surface area contributed by atoms with E-state index in [1.165, 1.54) is 19.2 Å². The summed E-state index contributed by atoms with van der Waals surface area (Å²) in [6.07, 6.45) is 0. The molecule has 108 valence electrons. The summed E-state index contributed by atoms with van der Waals surface area (Å²) in [6, 6.07) is 4.53. The zero-order chi connectivity index (χ0) is 14.5. The molecule has 0 aliphatic carbocycles. The van der Waals surface area contributed by atoms with Crippen LogP contribution in [-0.4, -0.2) is 25.4 Å². The third-order valence-electron chi connectivity index (χ3n) is 2.51. The molecule has 19 heavy (non-hydrogen) atoms. The topological polar surface area (TPSA) is 91.0 Å². The average Bonchev–Trinajstić information content (AvgIpc) is 2.39. The van der Waals surface area contributed by atoms with Crippen molar-refractivity contribution in [1.82, 2.24) is 0 Å². The van der Waals surface area contributed by atoms with E-state index >= 15 is 0 Å². The minimum atomic E-state index is -3.53. The van der Waals surface area contributed by atoms with E-state index in [0.29, 0.717) is 5.75 Å². The van der Waals surface area contributed by atoms with Crippen LogP contribution in [0.15, 0.2) is 18.2 Å². The van der Waals surface area contributed by atoms with Crippen molar-refractivity contribution in [3.05, 3.63) is 23.8 Å². The number of nitrogens with two attached hydrogens (primary N) is 1. The first-order valence-corrected chi connectivity index (χ1v) is 7.61. The second-order valence-corrected chi connectivity index (χ2v) is 5.90. The molecule has 1 aromatic carbocycles. The van der Waals surface area contributed by atoms with Crippen LogP contribution in [0, 0.1) is 0 Å². The summed E-state index contributed by atoms with van der Waals surface area (Å²) in [7, 11) is -2.03. The van der Waals surface area contributed by atoms with Crippen molar-refractivity contribution in [2.24, 2.45) is 5.73 Å². The molecule has 0 bridgehead atoms. The Kier molecular flexibility index (Phi) is 5.82. The SMILES string of the molecule is CCOP(=O)(OCC)[C@H](N)c1cc(OC)ccc1O. The van der Waals surface area contributed by atoms with Gasteiger partial charge in [0.1, 0.15) is 17.3 Å². The average molecular weight is 289 g/mol. The molecular formula is C12H20NO5P. The summed E-state index contributed by atoms with van der Waals surface area (Å²) in [5.74, 6) is -0.641. The number of methoxy groups -OCH3 is 1. The Bertz CT molecular complexity index is 455. The van der Waals surface area contributed by atoms with Crippen molar-refractivity contribution >= 4 is 7.60 Å². The molecule has 0 unspecified atom stereocenters. The van der Waals surface area contributed by atoms with Crippen LogP contribution < -0.4 is 10.5 Å². The van der Waals surface area contributed by atoms with E-state index in [0.717, 1.165) is 0 Å². The van der Waals surface area contributed by atoms with Crippen molar-refractivity contribution in [2.75, 3.05) is 20.3 Å². The molecule has 0 spiro atoms. The highest BCUT2D eigenvalue weighted by atomic mass is 31.2. The lowest BCUT2D eigenvalue weighted by atomic mass is 10.2. The van der Waals surface area contributed by atoms with Gasteiger partial charge in [-0.1, -0.05) is 0 Å². The molecule has 3 N–H and O–H groups in total. The number of aromatic hydroxyl groups is 1. The summed E-state index contributed by atoms with van der Waals surface area (Å²) in [4.78, 5) is 0. The summed E-state index contributed by atoms with van der Waals surface area (Å²) >= 11 is 0. The minimum Gasteiger partial charge on any atom is -0.508 e. The van der Waals surface area contributed by atoms with Crippen LogP contribution >= 0.6 is 7.60 Å². The third kappa shape index (κ3) is 3.70. The van der Waals surface area contributed by atoms with Crippen LogP contribution in [0.2, 0.25) is 0 Å². The fourth-order valence-corrected chi connectivity index (χ4v) is 3.29. The van der Waals surface area contributed by atoms with Crippen molar-refractivity contribution < 1.29 is 23.5 Å². The van der Waals surface area contributed by atoms with E-state index in [9.17, 15) is 9.67 Å². The lowest BCUT2D eigenvalue weighted by molar-refractivity contribution is 0.212. The molecule has 1 rings (SSSR count). The van der Waals surface area contributed by atoms with Crippen LogP contribution in [0.3, 0.4) is 0 Å². The zero-order valence-corrected chi connectivity index (χ0v) is 12.2. The van der Waals surface area contributed by atoms with Crippen LogP contribution in [0.25, 0.3) is 0 Å². The number of phenolic OH excluding ortho intramolecular Hbond substituents is 1. The van der Waals surface area contributed by atoms with E-state index in [1.54, 1.807) is 19.9 Å². The number of phenols is 1. The fourth-order valence-electron chi connectivity index (χ4n) is 1.62. The summed E-state index contributed by atoms with van der Waals surface area (Å²) in [5.41, 5.74) is 6.21. The molecule has 0 amide bonds. The summed E-state index contributed by atoms with van der Waals surface area (Å²) in [6.45, 7) is 3.80. The van der Waals surface area contributed by atoms with Gasteiger partial charge in [0.25, 0.3) is 0 Å². The molecule has 0 saturated heterocycles. The maximum Gasteiger partial charge on any atom is 0.351 e. The van der Waals surface area contributed by atoms with Gasteiger partial charge in [-0.05, 0) is 32.0 Å². The van der Waals surface area contributed by atoms with Gasteiger partial charge < -0.3 is 24.6 Å². The second kappa shape index (κ2) is 6.91. The molecule has 1 aromatic rings. The van der Waals surface area contributed by atoms with Gasteiger partial charge in [0.05, 0.1) is 20.3 Å². The first kappa shape index (κ1) is 16.0. The lowest BCUT2D eigenvalue weighted by Gasteiger charge is -2.24. The van der Waals surface area contributed by atoms with Crippen LogP contribution in [-0.2, 0) is 13.6 Å². The molecule has 0 saturated carbocycles. The van der Waals surface area contributed by atoms with E-state index in [1.807, 2.05) is 0 Å². The number of ether oxygens (including phenoxy) is 1. The van der Waals surface area contributed by atoms with Gasteiger partial charge in [0, 0.05) is 5.56 Å². The number of hydrogen-bond donors (Lipinski definition) is 2. The third-order valence-corrected chi connectivity index (χ3v) is 4.71. The van der Waals surface area contributed by atoms with Crippen LogP contribution in [0.1, 0.15) is 25.2 Å². The second-order valence-electron chi connectivity index (χ2n) is 3.74. The van der Waals surface area contributed by atoms with Crippen molar-refractivity contribution in [3.8, 4) is 11.5 Å². The Morgan fingerprint density at radius 2 is 1.89 bits per heavy atom. The molecule has 0 radical (unpaired) electrons. The first-order chi connectivity index (χ1) is 8.98. The van der Waals surface area contributed by atoms with Crippen LogP contribution in [0.5, 0.6) is 11.5 Å². The number of rotatable bonds is 7. The van der Waals surface area contributed by atoms with Gasteiger partial charge in [-0.25, -0.2) is 0 Å². The number of hydrogen-bond acceptors (Lipinski definition) is 6. The standard InChI is InChI=1S/C12H20NO5P/c1-4-17-19(15,18-5-2)12(13)10-8-9(16-3)6-7-11(10)14/h6-8,12,14H,4-5,13H2,1-3H3/t12-/m0/s1. The monoisotopic (exact) mass is 289 g/mol. The highest BCUT2D eigenvalue weighted by Crippen LogP contribution is 2.59. The normalized spacial score (nSPS) is 13.3. The van der Waals surface area contributed by atoms with Gasteiger partial charge in [-0.3, -0.25) is 4.57 Å². The molecule has 0 heterocycles. The lowest BCUT2D eigenvalue weighted by Crippen LogP contribution is -2.15. The largest absolute Gasteiger partial charge is 0.508 e. The van der Waals surface area contributed by atoms with Gasteiger partial charge >= 0.3 is 7.60 Å². The maximum absolute atomic E-state index is 12.5. The Hall–Kier alpha value is -1.07. The smallest absolute Gasteiger partial charge is 0.351 e. The van der Waals surface area contributed by atoms with E-state index < -0.39 is 13.4 Å². The Morgan fingerprint density at radius 1 is 1.32 bits per heavy atom. The molecule has 7 heteroatoms. The van der Waals surface area contributed by atoms with Gasteiger partial charge in [-0.2, -0.15) is 0 Å². The number of benzene rings is 1. The fraction of sp³-hybridized carbons (Fsp3) is 0.500. The van der Waals surface area contributed by atoms with Crippen molar-refractivity contribution in [2.45, 2.75) is 19.6 Å². The zero-order valence-electron chi connectivity index (χ0n) is 11.3. The van der Waals surface area contributed by atoms with E-state index in [-0.39, 0.29) is 24.5 Å².